The van der Waals surface area contributed by atoms with Gasteiger partial charge in [-0.2, -0.15) is 4.72 Å². The molecule has 2 aliphatic carbocycles. The summed E-state index contributed by atoms with van der Waals surface area (Å²) >= 11 is 4.86. The Bertz CT molecular complexity index is 1300. The number of rotatable bonds is 0. The summed E-state index contributed by atoms with van der Waals surface area (Å²) < 4.78 is 22.3. The molecular weight excluding hydrogens is 544 g/mol. The van der Waals surface area contributed by atoms with Crippen molar-refractivity contribution in [3.8, 4) is 5.75 Å². The lowest BCUT2D eigenvalue weighted by Gasteiger charge is -2.45. The van der Waals surface area contributed by atoms with Gasteiger partial charge in [0.1, 0.15) is 11.0 Å². The summed E-state index contributed by atoms with van der Waals surface area (Å²) in [5, 5.41) is 11.6. The molecule has 1 amide bonds. The third-order valence-corrected chi connectivity index (χ3v) is 11.6. The van der Waals surface area contributed by atoms with E-state index in [1.807, 2.05) is 44.2 Å². The molecule has 214 valence electrons. The minimum atomic E-state index is -1.53. The van der Waals surface area contributed by atoms with Crippen LogP contribution in [0.1, 0.15) is 67.4 Å². The number of hydrogen-bond acceptors (Lipinski definition) is 5. The normalized spacial score (nSPS) is 34.9. The first-order chi connectivity index (χ1) is 19.2. The largest absolute Gasteiger partial charge is 0.593 e. The number of nitrogens with one attached hydrogen (secondary N) is 1. The predicted molar refractivity (Wildman–Crippen MR) is 160 cm³/mol. The standard InChI is InChI=1S/C32H39ClN2O4S/c1-20-5-3-7-29(36)26-11-8-24(26)17-35-18-32(14-4-6-22-15-25(33)10-12-27(22)32)19-39-30-13-9-23(16-28(30)35)31(37)34-40(38)21(20)2/h3,7,9-10,12-13,15-16,20-21,24,26,29,36H,4-6,8,11,14,17-19H2,1-2H3,(H,34,37)/b7-3+/t20-,21+,24?,26?,29?,32?,40?/m1/s1. The number of carbonyl (C=O) groups excluding carboxylic acids is 1. The molecule has 2 aromatic carbocycles. The van der Waals surface area contributed by atoms with Crippen LogP contribution in [0.3, 0.4) is 0 Å². The molecule has 1 fully saturated rings. The number of hydrogen-bond donors (Lipinski definition) is 2. The fourth-order valence-corrected chi connectivity index (χ4v) is 8.24. The maximum Gasteiger partial charge on any atom is 0.292 e. The number of amides is 1. The van der Waals surface area contributed by atoms with E-state index in [0.29, 0.717) is 24.5 Å². The zero-order valence-electron chi connectivity index (χ0n) is 23.3. The number of allylic oxidation sites excluding steroid dienone is 1. The van der Waals surface area contributed by atoms with Crippen LogP contribution in [0.25, 0.3) is 0 Å². The number of benzene rings is 2. The summed E-state index contributed by atoms with van der Waals surface area (Å²) in [7, 11) is 0. The Balaban J connectivity index is 1.40. The zero-order valence-corrected chi connectivity index (χ0v) is 24.8. The van der Waals surface area contributed by atoms with Gasteiger partial charge in [0.15, 0.2) is 0 Å². The minimum Gasteiger partial charge on any atom is -0.593 e. The predicted octanol–water partition coefficient (Wildman–Crippen LogP) is 5.58. The lowest BCUT2D eigenvalue weighted by atomic mass is 9.68. The van der Waals surface area contributed by atoms with Gasteiger partial charge in [-0.15, -0.1) is 0 Å². The molecule has 6 rings (SSSR count). The number of fused-ring (bicyclic) bond motifs is 4. The molecule has 2 aromatic rings. The number of halogens is 1. The Morgan fingerprint density at radius 2 is 2.05 bits per heavy atom. The van der Waals surface area contributed by atoms with E-state index in [2.05, 4.69) is 21.8 Å². The highest BCUT2D eigenvalue weighted by molar-refractivity contribution is 7.90. The summed E-state index contributed by atoms with van der Waals surface area (Å²) in [4.78, 5) is 15.7. The molecule has 1 spiro atoms. The van der Waals surface area contributed by atoms with E-state index in [9.17, 15) is 14.5 Å². The number of aryl methyl sites for hydroxylation is 1. The number of anilines is 1. The van der Waals surface area contributed by atoms with Gasteiger partial charge in [0.25, 0.3) is 5.91 Å². The number of aliphatic hydroxyl groups is 1. The van der Waals surface area contributed by atoms with Gasteiger partial charge >= 0.3 is 0 Å². The van der Waals surface area contributed by atoms with Crippen molar-refractivity contribution in [3.05, 3.63) is 70.3 Å². The van der Waals surface area contributed by atoms with E-state index in [0.717, 1.165) is 61.7 Å². The number of nitrogens with zero attached hydrogens (tertiary/aromatic N) is 1. The smallest absolute Gasteiger partial charge is 0.292 e. The third-order valence-electron chi connectivity index (χ3n) is 9.84. The lowest BCUT2D eigenvalue weighted by molar-refractivity contribution is 0.0456. The number of ether oxygens (including phenoxy) is 1. The lowest BCUT2D eigenvalue weighted by Crippen LogP contribution is -2.49. The summed E-state index contributed by atoms with van der Waals surface area (Å²) in [5.74, 6) is 1.05. The summed E-state index contributed by atoms with van der Waals surface area (Å²) in [6.45, 7) is 6.02. The van der Waals surface area contributed by atoms with Crippen molar-refractivity contribution in [3.63, 3.8) is 0 Å². The first-order valence-corrected chi connectivity index (χ1v) is 16.2. The maximum absolute atomic E-state index is 13.3. The van der Waals surface area contributed by atoms with Gasteiger partial charge in [-0.3, -0.25) is 4.79 Å². The van der Waals surface area contributed by atoms with E-state index >= 15 is 0 Å². The van der Waals surface area contributed by atoms with Gasteiger partial charge in [0.2, 0.25) is 0 Å². The minimum absolute atomic E-state index is 0.0926. The van der Waals surface area contributed by atoms with Crippen molar-refractivity contribution in [1.29, 1.82) is 0 Å². The average molecular weight is 583 g/mol. The topological polar surface area (TPSA) is 84.9 Å². The summed E-state index contributed by atoms with van der Waals surface area (Å²) in [6.07, 6.45) is 9.28. The van der Waals surface area contributed by atoms with E-state index < -0.39 is 17.5 Å². The molecule has 2 bridgehead atoms. The van der Waals surface area contributed by atoms with E-state index in [1.54, 1.807) is 6.07 Å². The molecule has 8 heteroatoms. The van der Waals surface area contributed by atoms with Crippen LogP contribution in [0.15, 0.2) is 48.6 Å². The monoisotopic (exact) mass is 582 g/mol. The Labute approximate surface area is 245 Å². The maximum atomic E-state index is 13.3. The molecule has 2 N–H and O–H groups in total. The van der Waals surface area contributed by atoms with Crippen molar-refractivity contribution in [2.75, 3.05) is 24.6 Å². The van der Waals surface area contributed by atoms with Crippen LogP contribution in [-0.4, -0.2) is 46.6 Å². The van der Waals surface area contributed by atoms with Gasteiger partial charge in [-0.1, -0.05) is 36.7 Å². The second-order valence-corrected chi connectivity index (χ2v) is 14.3. The molecule has 0 aromatic heterocycles. The molecule has 40 heavy (non-hydrogen) atoms. The molecule has 6 nitrogen and oxygen atoms in total. The van der Waals surface area contributed by atoms with Crippen molar-refractivity contribution < 1.29 is 19.2 Å². The Kier molecular flexibility index (Phi) is 7.85. The van der Waals surface area contributed by atoms with Crippen LogP contribution >= 0.6 is 11.6 Å². The molecular formula is C32H39ClN2O4S. The van der Waals surface area contributed by atoms with Gasteiger partial charge in [-0.25, -0.2) is 0 Å². The van der Waals surface area contributed by atoms with Crippen molar-refractivity contribution >= 4 is 34.6 Å². The number of aliphatic hydroxyl groups excluding tert-OH is 1. The van der Waals surface area contributed by atoms with Gasteiger partial charge < -0.3 is 19.3 Å². The van der Waals surface area contributed by atoms with Gasteiger partial charge in [-0.05, 0) is 98.7 Å². The molecule has 7 atom stereocenters. The van der Waals surface area contributed by atoms with Crippen LogP contribution in [0.4, 0.5) is 5.69 Å². The molecule has 1 saturated carbocycles. The second kappa shape index (κ2) is 11.2. The quantitative estimate of drug-likeness (QED) is 0.313. The van der Waals surface area contributed by atoms with Gasteiger partial charge in [0.05, 0.1) is 29.8 Å². The summed E-state index contributed by atoms with van der Waals surface area (Å²) in [5.41, 5.74) is 3.75. The average Bonchev–Trinajstić information content (AvgIpc) is 3.07. The Morgan fingerprint density at radius 1 is 1.20 bits per heavy atom. The molecule has 2 aliphatic heterocycles. The highest BCUT2D eigenvalue weighted by Crippen LogP contribution is 2.46. The fourth-order valence-electron chi connectivity index (χ4n) is 7.03. The van der Waals surface area contributed by atoms with Crippen molar-refractivity contribution in [2.24, 2.45) is 17.8 Å². The van der Waals surface area contributed by atoms with E-state index in [-0.39, 0.29) is 28.4 Å². The van der Waals surface area contributed by atoms with Crippen molar-refractivity contribution in [1.82, 2.24) is 4.72 Å². The highest BCUT2D eigenvalue weighted by Gasteiger charge is 2.44. The van der Waals surface area contributed by atoms with Crippen LogP contribution in [0.2, 0.25) is 5.02 Å². The van der Waals surface area contributed by atoms with Crippen LogP contribution in [0.5, 0.6) is 5.75 Å². The molecule has 0 radical (unpaired) electrons. The van der Waals surface area contributed by atoms with Crippen LogP contribution in [0, 0.1) is 17.8 Å². The number of carbonyl (C=O) groups is 1. The van der Waals surface area contributed by atoms with E-state index in [1.165, 1.54) is 11.1 Å². The third kappa shape index (κ3) is 5.26. The second-order valence-electron chi connectivity index (χ2n) is 12.4. The first-order valence-electron chi connectivity index (χ1n) is 14.6. The molecule has 2 heterocycles. The first kappa shape index (κ1) is 28.0. The summed E-state index contributed by atoms with van der Waals surface area (Å²) in [6, 6.07) is 11.8. The molecule has 4 aliphatic rings. The Hall–Kier alpha value is -2.19. The molecule has 0 saturated heterocycles. The van der Waals surface area contributed by atoms with Gasteiger partial charge in [0, 0.05) is 35.0 Å². The zero-order chi connectivity index (χ0) is 28.0. The van der Waals surface area contributed by atoms with Crippen molar-refractivity contribution in [2.45, 2.75) is 69.1 Å². The van der Waals surface area contributed by atoms with E-state index in [4.69, 9.17) is 16.3 Å². The van der Waals surface area contributed by atoms with Crippen LogP contribution in [-0.2, 0) is 23.2 Å². The molecule has 5 unspecified atom stereocenters. The Morgan fingerprint density at radius 3 is 2.85 bits per heavy atom. The van der Waals surface area contributed by atoms with Crippen LogP contribution < -0.4 is 14.4 Å². The fraction of sp³-hybridized carbons (Fsp3) is 0.531. The highest BCUT2D eigenvalue weighted by atomic mass is 35.5. The SMILES string of the molecule is C[C@@H]1C/C=C/C(O)C2CCC2CN2CC3(CCCc4cc(Cl)ccc43)COc3ccc(cc32)C(=O)N[S+]([O-])[C@H]1C.